The maximum absolute atomic E-state index is 10.5. The Hall–Kier alpha value is -0.440. The van der Waals surface area contributed by atoms with Gasteiger partial charge in [-0.15, -0.1) is 0 Å². The predicted octanol–water partition coefficient (Wildman–Crippen LogP) is 2.46. The minimum atomic E-state index is 0.0646. The van der Waals surface area contributed by atoms with E-state index in [1.165, 1.54) is 19.3 Å². The van der Waals surface area contributed by atoms with Crippen LogP contribution >= 0.6 is 12.2 Å². The van der Waals surface area contributed by atoms with Gasteiger partial charge in [0, 0.05) is 13.5 Å². The van der Waals surface area contributed by atoms with Gasteiger partial charge in [0.25, 0.3) is 0 Å². The first-order valence-electron chi connectivity index (χ1n) is 4.87. The summed E-state index contributed by atoms with van der Waals surface area (Å²) in [6.07, 6.45) is 5.73. The van der Waals surface area contributed by atoms with Crippen LogP contribution in [0, 0.1) is 0 Å². The van der Waals surface area contributed by atoms with Crippen LogP contribution in [0.4, 0.5) is 0 Å². The molecule has 1 amide bonds. The van der Waals surface area contributed by atoms with Crippen molar-refractivity contribution >= 4 is 23.0 Å². The van der Waals surface area contributed by atoms with Crippen molar-refractivity contribution in [3.8, 4) is 0 Å². The van der Waals surface area contributed by atoms with E-state index in [1.807, 2.05) is 6.92 Å². The minimum absolute atomic E-state index is 0.0646. The number of hydrogen-bond donors (Lipinski definition) is 1. The van der Waals surface area contributed by atoms with Gasteiger partial charge in [-0.2, -0.15) is 0 Å². The molecule has 0 saturated carbocycles. The first-order valence-corrected chi connectivity index (χ1v) is 5.27. The number of rotatable bonds is 7. The number of thiocarbonyl (C=S) groups is 1. The van der Waals surface area contributed by atoms with Crippen molar-refractivity contribution in [2.75, 3.05) is 6.54 Å². The number of carbonyl (C=O) groups excluding carboxylic acids is 1. The molecule has 0 rings (SSSR count). The zero-order valence-corrected chi connectivity index (χ0v) is 9.38. The highest BCUT2D eigenvalue weighted by molar-refractivity contribution is 7.80. The fourth-order valence-electron chi connectivity index (χ4n) is 1.12. The summed E-state index contributed by atoms with van der Waals surface area (Å²) in [6, 6.07) is 0. The lowest BCUT2D eigenvalue weighted by molar-refractivity contribution is -0.118. The van der Waals surface area contributed by atoms with Gasteiger partial charge < -0.3 is 5.32 Å². The number of carbonyl (C=O) groups is 1. The molecule has 0 radical (unpaired) electrons. The maximum atomic E-state index is 10.5. The van der Waals surface area contributed by atoms with Crippen LogP contribution in [0.15, 0.2) is 0 Å². The van der Waals surface area contributed by atoms with Crippen LogP contribution in [0.2, 0.25) is 0 Å². The predicted molar refractivity (Wildman–Crippen MR) is 60.0 cm³/mol. The molecule has 3 heteroatoms. The Morgan fingerprint density at radius 2 is 1.77 bits per heavy atom. The first kappa shape index (κ1) is 12.6. The molecule has 0 aliphatic rings. The molecule has 0 aromatic heterocycles. The second-order valence-corrected chi connectivity index (χ2v) is 4.05. The molecule has 0 heterocycles. The van der Waals surface area contributed by atoms with E-state index in [4.69, 9.17) is 12.2 Å². The van der Waals surface area contributed by atoms with E-state index in [1.54, 1.807) is 6.92 Å². The lowest BCUT2D eigenvalue weighted by atomic mass is 10.1. The summed E-state index contributed by atoms with van der Waals surface area (Å²) in [6.45, 7) is 4.36. The average molecular weight is 201 g/mol. The van der Waals surface area contributed by atoms with E-state index in [0.717, 1.165) is 24.3 Å². The maximum Gasteiger partial charge on any atom is 0.216 e. The molecule has 0 bridgehead atoms. The standard InChI is InChI=1S/C10H19NOS/c1-9(13)7-5-3-4-6-8-11-10(2)12/h3-8H2,1-2H3,(H,11,12). The Labute approximate surface area is 86.1 Å². The highest BCUT2D eigenvalue weighted by Crippen LogP contribution is 2.03. The summed E-state index contributed by atoms with van der Waals surface area (Å²) in [5.41, 5.74) is 0. The lowest BCUT2D eigenvalue weighted by Gasteiger charge is -2.01. The van der Waals surface area contributed by atoms with Gasteiger partial charge in [0.05, 0.1) is 0 Å². The summed E-state index contributed by atoms with van der Waals surface area (Å²) in [7, 11) is 0. The fraction of sp³-hybridized carbons (Fsp3) is 0.800. The van der Waals surface area contributed by atoms with Crippen LogP contribution in [0.5, 0.6) is 0 Å². The van der Waals surface area contributed by atoms with Crippen LogP contribution in [-0.4, -0.2) is 17.3 Å². The molecule has 2 nitrogen and oxygen atoms in total. The van der Waals surface area contributed by atoms with Crippen molar-refractivity contribution in [2.24, 2.45) is 0 Å². The third-order valence-electron chi connectivity index (χ3n) is 1.83. The summed E-state index contributed by atoms with van der Waals surface area (Å²) in [5, 5.41) is 2.78. The van der Waals surface area contributed by atoms with Gasteiger partial charge in [-0.25, -0.2) is 0 Å². The van der Waals surface area contributed by atoms with Gasteiger partial charge in [-0.1, -0.05) is 25.1 Å². The fourth-order valence-corrected chi connectivity index (χ4v) is 1.26. The molecule has 13 heavy (non-hydrogen) atoms. The van der Waals surface area contributed by atoms with Crippen LogP contribution < -0.4 is 5.32 Å². The highest BCUT2D eigenvalue weighted by atomic mass is 32.1. The van der Waals surface area contributed by atoms with Crippen LogP contribution in [0.3, 0.4) is 0 Å². The Balaban J connectivity index is 3.00. The average Bonchev–Trinajstić information content (AvgIpc) is 2.01. The molecule has 0 atom stereocenters. The van der Waals surface area contributed by atoms with Crippen LogP contribution in [0.1, 0.15) is 46.0 Å². The SMILES string of the molecule is CC(=O)NCCCCCCC(C)=S. The summed E-state index contributed by atoms with van der Waals surface area (Å²) in [4.78, 5) is 11.6. The summed E-state index contributed by atoms with van der Waals surface area (Å²) in [5.74, 6) is 0.0646. The number of unbranched alkanes of at least 4 members (excludes halogenated alkanes) is 3. The van der Waals surface area contributed by atoms with Crippen molar-refractivity contribution in [3.05, 3.63) is 0 Å². The minimum Gasteiger partial charge on any atom is -0.356 e. The van der Waals surface area contributed by atoms with Crippen LogP contribution in [0.25, 0.3) is 0 Å². The topological polar surface area (TPSA) is 29.1 Å². The first-order chi connectivity index (χ1) is 6.13. The van der Waals surface area contributed by atoms with E-state index in [-0.39, 0.29) is 5.91 Å². The molecule has 0 aliphatic heterocycles. The molecule has 0 fully saturated rings. The Bertz CT molecular complexity index is 150. The normalized spacial score (nSPS) is 9.69. The van der Waals surface area contributed by atoms with Crippen molar-refractivity contribution in [1.29, 1.82) is 0 Å². The molecule has 0 saturated heterocycles. The van der Waals surface area contributed by atoms with Gasteiger partial charge in [0.1, 0.15) is 0 Å². The molecular formula is C10H19NOS. The molecule has 1 N–H and O–H groups in total. The number of hydrogen-bond acceptors (Lipinski definition) is 2. The molecule has 0 unspecified atom stereocenters. The van der Waals surface area contributed by atoms with E-state index in [9.17, 15) is 4.79 Å². The zero-order chi connectivity index (χ0) is 10.1. The zero-order valence-electron chi connectivity index (χ0n) is 8.56. The quantitative estimate of drug-likeness (QED) is 0.506. The van der Waals surface area contributed by atoms with Crippen LogP contribution in [-0.2, 0) is 4.79 Å². The van der Waals surface area contributed by atoms with E-state index in [0.29, 0.717) is 0 Å². The second-order valence-electron chi connectivity index (χ2n) is 3.35. The monoisotopic (exact) mass is 201 g/mol. The Morgan fingerprint density at radius 1 is 1.15 bits per heavy atom. The molecule has 76 valence electrons. The smallest absolute Gasteiger partial charge is 0.216 e. The summed E-state index contributed by atoms with van der Waals surface area (Å²) < 4.78 is 0. The van der Waals surface area contributed by atoms with Crippen molar-refractivity contribution < 1.29 is 4.79 Å². The Morgan fingerprint density at radius 3 is 2.31 bits per heavy atom. The van der Waals surface area contributed by atoms with E-state index in [2.05, 4.69) is 5.32 Å². The Kier molecular flexibility index (Phi) is 7.90. The van der Waals surface area contributed by atoms with E-state index >= 15 is 0 Å². The molecule has 0 aromatic carbocycles. The van der Waals surface area contributed by atoms with Gasteiger partial charge >= 0.3 is 0 Å². The van der Waals surface area contributed by atoms with Gasteiger partial charge in [-0.05, 0) is 31.1 Å². The van der Waals surface area contributed by atoms with Crippen molar-refractivity contribution in [1.82, 2.24) is 5.32 Å². The van der Waals surface area contributed by atoms with Crippen molar-refractivity contribution in [2.45, 2.75) is 46.0 Å². The third-order valence-corrected chi connectivity index (χ3v) is 2.03. The highest BCUT2D eigenvalue weighted by Gasteiger charge is 1.93. The van der Waals surface area contributed by atoms with Crippen molar-refractivity contribution in [3.63, 3.8) is 0 Å². The molecular weight excluding hydrogens is 182 g/mol. The molecule has 0 aliphatic carbocycles. The summed E-state index contributed by atoms with van der Waals surface area (Å²) >= 11 is 4.97. The molecule has 0 aromatic rings. The largest absolute Gasteiger partial charge is 0.356 e. The lowest BCUT2D eigenvalue weighted by Crippen LogP contribution is -2.20. The van der Waals surface area contributed by atoms with Gasteiger partial charge in [0.2, 0.25) is 5.91 Å². The second kappa shape index (κ2) is 8.17. The molecule has 0 spiro atoms. The van der Waals surface area contributed by atoms with Gasteiger partial charge in [-0.3, -0.25) is 4.79 Å². The number of nitrogens with one attached hydrogen (secondary N) is 1. The third kappa shape index (κ3) is 11.6. The van der Waals surface area contributed by atoms with Gasteiger partial charge in [0.15, 0.2) is 0 Å². The number of amides is 1. The van der Waals surface area contributed by atoms with E-state index < -0.39 is 0 Å².